The maximum absolute atomic E-state index is 13.8. The van der Waals surface area contributed by atoms with Crippen LogP contribution >= 0.6 is 0 Å². The zero-order valence-electron chi connectivity index (χ0n) is 13.2. The molecule has 1 aromatic carbocycles. The molecule has 130 valence electrons. The Hall–Kier alpha value is -1.89. The van der Waals surface area contributed by atoms with Gasteiger partial charge in [0.25, 0.3) is 0 Å². The summed E-state index contributed by atoms with van der Waals surface area (Å²) in [5.74, 6) is -4.55. The molecule has 3 rings (SSSR count). The van der Waals surface area contributed by atoms with Crippen LogP contribution in [0.25, 0.3) is 0 Å². The van der Waals surface area contributed by atoms with Crippen molar-refractivity contribution in [1.29, 1.82) is 0 Å². The molecule has 1 N–H and O–H groups in total. The summed E-state index contributed by atoms with van der Waals surface area (Å²) in [4.78, 5) is 26.4. The van der Waals surface area contributed by atoms with Gasteiger partial charge in [0.05, 0.1) is 11.5 Å². The van der Waals surface area contributed by atoms with Crippen molar-refractivity contribution in [2.24, 2.45) is 11.8 Å². The highest BCUT2D eigenvalue weighted by molar-refractivity contribution is 5.98. The molecule has 1 amide bonds. The Kier molecular flexibility index (Phi) is 4.89. The minimum absolute atomic E-state index is 0.0239. The average Bonchev–Trinajstić information content (AvgIpc) is 3.07. The lowest BCUT2D eigenvalue weighted by Gasteiger charge is -2.33. The quantitative estimate of drug-likeness (QED) is 0.858. The largest absolute Gasteiger partial charge is 0.342 e. The summed E-state index contributed by atoms with van der Waals surface area (Å²) in [7, 11) is 0. The fourth-order valence-corrected chi connectivity index (χ4v) is 3.47. The van der Waals surface area contributed by atoms with Gasteiger partial charge in [-0.1, -0.05) is 0 Å². The van der Waals surface area contributed by atoms with Gasteiger partial charge in [0.15, 0.2) is 5.78 Å². The lowest BCUT2D eigenvalue weighted by molar-refractivity contribution is -0.136. The number of Topliss-reactive ketones (excluding diaryl/α,β-unsaturated/α-hetero) is 1. The lowest BCUT2D eigenvalue weighted by atomic mass is 9.88. The van der Waals surface area contributed by atoms with Crippen LogP contribution in [0.4, 0.5) is 13.2 Å². The zero-order chi connectivity index (χ0) is 17.3. The molecule has 1 atom stereocenters. The summed E-state index contributed by atoms with van der Waals surface area (Å²) in [5.41, 5.74) is -0.679. The number of hydrogen-bond donors (Lipinski definition) is 1. The highest BCUT2D eigenvalue weighted by Crippen LogP contribution is 2.26. The minimum atomic E-state index is -1.17. The fraction of sp³-hybridized carbons (Fsp3) is 0.529. The van der Waals surface area contributed by atoms with Gasteiger partial charge in [-0.2, -0.15) is 0 Å². The van der Waals surface area contributed by atoms with Crippen molar-refractivity contribution in [3.63, 3.8) is 0 Å². The van der Waals surface area contributed by atoms with Crippen LogP contribution in [-0.2, 0) is 4.79 Å². The number of carbonyl (C=O) groups excluding carboxylic acids is 2. The van der Waals surface area contributed by atoms with E-state index in [1.165, 1.54) is 0 Å². The molecule has 0 saturated carbocycles. The Morgan fingerprint density at radius 3 is 2.17 bits per heavy atom. The van der Waals surface area contributed by atoms with Gasteiger partial charge in [0.2, 0.25) is 5.91 Å². The van der Waals surface area contributed by atoms with Crippen molar-refractivity contribution < 1.29 is 22.8 Å². The van der Waals surface area contributed by atoms with Crippen LogP contribution in [0.2, 0.25) is 0 Å². The first-order valence-electron chi connectivity index (χ1n) is 8.15. The van der Waals surface area contributed by atoms with Gasteiger partial charge in [-0.05, 0) is 25.8 Å². The Labute approximate surface area is 138 Å². The minimum Gasteiger partial charge on any atom is -0.342 e. The second kappa shape index (κ2) is 6.93. The average molecular weight is 340 g/mol. The number of amides is 1. The third-order valence-corrected chi connectivity index (χ3v) is 4.84. The number of carbonyl (C=O) groups is 2. The van der Waals surface area contributed by atoms with Crippen molar-refractivity contribution in [3.05, 3.63) is 35.1 Å². The number of piperidine rings is 1. The molecule has 0 bridgehead atoms. The summed E-state index contributed by atoms with van der Waals surface area (Å²) in [6.45, 7) is 2.30. The molecular weight excluding hydrogens is 321 g/mol. The molecule has 2 aliphatic rings. The van der Waals surface area contributed by atoms with Crippen LogP contribution in [-0.4, -0.2) is 42.8 Å². The van der Waals surface area contributed by atoms with Crippen molar-refractivity contribution in [2.75, 3.05) is 26.2 Å². The number of benzene rings is 1. The van der Waals surface area contributed by atoms with E-state index in [0.29, 0.717) is 44.6 Å². The predicted molar refractivity (Wildman–Crippen MR) is 80.9 cm³/mol. The SMILES string of the molecule is O=C(c1c(F)cc(F)cc1F)C1CCN(C(=O)C2CCNC2)CC1. The number of nitrogens with one attached hydrogen (secondary N) is 1. The van der Waals surface area contributed by atoms with Gasteiger partial charge in [0, 0.05) is 37.7 Å². The first-order chi connectivity index (χ1) is 11.5. The summed E-state index contributed by atoms with van der Waals surface area (Å²) in [6, 6.07) is 1.03. The molecule has 2 aliphatic heterocycles. The van der Waals surface area contributed by atoms with E-state index in [9.17, 15) is 22.8 Å². The van der Waals surface area contributed by atoms with E-state index >= 15 is 0 Å². The van der Waals surface area contributed by atoms with Gasteiger partial charge in [0.1, 0.15) is 17.5 Å². The van der Waals surface area contributed by atoms with Gasteiger partial charge >= 0.3 is 0 Å². The van der Waals surface area contributed by atoms with Crippen molar-refractivity contribution in [3.8, 4) is 0 Å². The maximum Gasteiger partial charge on any atom is 0.227 e. The van der Waals surface area contributed by atoms with Gasteiger partial charge in [-0.15, -0.1) is 0 Å². The smallest absolute Gasteiger partial charge is 0.227 e. The van der Waals surface area contributed by atoms with Gasteiger partial charge < -0.3 is 10.2 Å². The normalized spacial score (nSPS) is 22.0. The molecule has 24 heavy (non-hydrogen) atoms. The molecule has 2 saturated heterocycles. The predicted octanol–water partition coefficient (Wildman–Crippen LogP) is 2.13. The first kappa shape index (κ1) is 17.0. The molecule has 0 spiro atoms. The van der Waals surface area contributed by atoms with Gasteiger partial charge in [-0.3, -0.25) is 9.59 Å². The van der Waals surface area contributed by atoms with Crippen LogP contribution in [0.1, 0.15) is 29.6 Å². The standard InChI is InChI=1S/C17H19F3N2O2/c18-12-7-13(19)15(14(20)8-12)16(23)10-2-5-22(6-3-10)17(24)11-1-4-21-9-11/h7-8,10-11,21H,1-6,9H2. The van der Waals surface area contributed by atoms with Crippen molar-refractivity contribution in [1.82, 2.24) is 10.2 Å². The van der Waals surface area contributed by atoms with E-state index in [-0.39, 0.29) is 11.8 Å². The van der Waals surface area contributed by atoms with E-state index in [4.69, 9.17) is 0 Å². The second-order valence-corrected chi connectivity index (χ2v) is 6.40. The fourth-order valence-electron chi connectivity index (χ4n) is 3.47. The Balaban J connectivity index is 1.64. The maximum atomic E-state index is 13.8. The highest BCUT2D eigenvalue weighted by Gasteiger charge is 2.33. The number of halogens is 3. The third-order valence-electron chi connectivity index (χ3n) is 4.84. The van der Waals surface area contributed by atoms with E-state index in [1.54, 1.807) is 4.90 Å². The molecule has 7 heteroatoms. The monoisotopic (exact) mass is 340 g/mol. The van der Waals surface area contributed by atoms with Crippen LogP contribution < -0.4 is 5.32 Å². The van der Waals surface area contributed by atoms with Gasteiger partial charge in [-0.25, -0.2) is 13.2 Å². The highest BCUT2D eigenvalue weighted by atomic mass is 19.1. The molecule has 0 aliphatic carbocycles. The summed E-state index contributed by atoms with van der Waals surface area (Å²) in [5, 5.41) is 3.14. The molecule has 4 nitrogen and oxygen atoms in total. The van der Waals surface area contributed by atoms with E-state index in [0.717, 1.165) is 13.0 Å². The van der Waals surface area contributed by atoms with Crippen LogP contribution in [0, 0.1) is 29.3 Å². The summed E-state index contributed by atoms with van der Waals surface area (Å²) >= 11 is 0. The van der Waals surface area contributed by atoms with Crippen LogP contribution in [0.3, 0.4) is 0 Å². The Bertz CT molecular complexity index is 628. The number of likely N-dealkylation sites (tertiary alicyclic amines) is 1. The molecule has 2 fully saturated rings. The number of hydrogen-bond acceptors (Lipinski definition) is 3. The molecule has 2 heterocycles. The van der Waals surface area contributed by atoms with E-state index < -0.39 is 34.7 Å². The second-order valence-electron chi connectivity index (χ2n) is 6.40. The summed E-state index contributed by atoms with van der Waals surface area (Å²) < 4.78 is 40.5. The van der Waals surface area contributed by atoms with Crippen LogP contribution in [0.5, 0.6) is 0 Å². The number of nitrogens with zero attached hydrogens (tertiary/aromatic N) is 1. The lowest BCUT2D eigenvalue weighted by Crippen LogP contribution is -2.43. The molecule has 0 radical (unpaired) electrons. The van der Waals surface area contributed by atoms with E-state index in [1.807, 2.05) is 0 Å². The molecule has 0 aromatic heterocycles. The summed E-state index contributed by atoms with van der Waals surface area (Å²) in [6.07, 6.45) is 1.53. The molecule has 1 aromatic rings. The number of rotatable bonds is 3. The Morgan fingerprint density at radius 2 is 1.62 bits per heavy atom. The topological polar surface area (TPSA) is 49.4 Å². The van der Waals surface area contributed by atoms with E-state index in [2.05, 4.69) is 5.32 Å². The molecule has 1 unspecified atom stereocenters. The third kappa shape index (κ3) is 3.31. The van der Waals surface area contributed by atoms with Crippen LogP contribution in [0.15, 0.2) is 12.1 Å². The zero-order valence-corrected chi connectivity index (χ0v) is 13.2. The van der Waals surface area contributed by atoms with Crippen molar-refractivity contribution >= 4 is 11.7 Å². The number of ketones is 1. The first-order valence-corrected chi connectivity index (χ1v) is 8.15. The molecular formula is C17H19F3N2O2. The van der Waals surface area contributed by atoms with Crippen molar-refractivity contribution in [2.45, 2.75) is 19.3 Å². The Morgan fingerprint density at radius 1 is 1.00 bits per heavy atom.